The smallest absolute Gasteiger partial charge is 0.263 e. The Balaban J connectivity index is 1.57. The lowest BCUT2D eigenvalue weighted by Gasteiger charge is -2.18. The average Bonchev–Trinajstić information content (AvgIpc) is 3.41. The zero-order valence-electron chi connectivity index (χ0n) is 17.1. The molecule has 1 fully saturated rings. The average molecular weight is 459 g/mol. The molecule has 0 radical (unpaired) electrons. The van der Waals surface area contributed by atoms with Crippen molar-refractivity contribution in [2.45, 2.75) is 63.4 Å². The Bertz CT molecular complexity index is 1390. The molecule has 1 aliphatic rings. The fourth-order valence-corrected chi connectivity index (χ4v) is 7.11. The molecule has 0 unspecified atom stereocenters. The van der Waals surface area contributed by atoms with Crippen LogP contribution in [0.25, 0.3) is 15.2 Å². The molecule has 5 rings (SSSR count). The predicted molar refractivity (Wildman–Crippen MR) is 124 cm³/mol. The number of nitrogens with zero attached hydrogens (tertiary/aromatic N) is 4. The molecule has 0 bridgehead atoms. The zero-order valence-corrected chi connectivity index (χ0v) is 19.5. The van der Waals surface area contributed by atoms with E-state index in [1.807, 2.05) is 30.7 Å². The van der Waals surface area contributed by atoms with Gasteiger partial charge in [-0.3, -0.25) is 18.6 Å². The van der Waals surface area contributed by atoms with Gasteiger partial charge in [0.2, 0.25) is 0 Å². The Morgan fingerprint density at radius 1 is 1.17 bits per heavy atom. The minimum atomic E-state index is -0.0598. The standard InChI is InChI=1S/C21H22N4O2S3/c1-11-9-28-20-22-14(8-16(26)24(11)20)10-29-21-23-18-17(12(2)13(3)30-18)19(27)25(21)15-6-4-5-7-15/h8-9,15H,4-7,10H2,1-3H3. The molecule has 156 valence electrons. The highest BCUT2D eigenvalue weighted by Crippen LogP contribution is 2.35. The fourth-order valence-electron chi connectivity index (χ4n) is 4.19. The highest BCUT2D eigenvalue weighted by atomic mass is 32.2. The number of hydrogen-bond donors (Lipinski definition) is 0. The highest BCUT2D eigenvalue weighted by Gasteiger charge is 2.25. The second-order valence-corrected chi connectivity index (χ2v) is 10.8. The molecule has 0 aromatic carbocycles. The normalized spacial score (nSPS) is 15.0. The lowest BCUT2D eigenvalue weighted by atomic mass is 10.2. The summed E-state index contributed by atoms with van der Waals surface area (Å²) in [5, 5.41) is 3.45. The summed E-state index contributed by atoms with van der Waals surface area (Å²) in [7, 11) is 0. The summed E-state index contributed by atoms with van der Waals surface area (Å²) in [6.45, 7) is 5.97. The van der Waals surface area contributed by atoms with E-state index in [9.17, 15) is 9.59 Å². The van der Waals surface area contributed by atoms with Crippen molar-refractivity contribution in [2.24, 2.45) is 0 Å². The summed E-state index contributed by atoms with van der Waals surface area (Å²) >= 11 is 4.56. The van der Waals surface area contributed by atoms with E-state index in [0.717, 1.165) is 62.9 Å². The van der Waals surface area contributed by atoms with Crippen LogP contribution in [0.5, 0.6) is 0 Å². The first-order valence-electron chi connectivity index (χ1n) is 10.1. The summed E-state index contributed by atoms with van der Waals surface area (Å²) < 4.78 is 3.55. The van der Waals surface area contributed by atoms with Crippen LogP contribution < -0.4 is 11.1 Å². The van der Waals surface area contributed by atoms with Crippen molar-refractivity contribution in [1.82, 2.24) is 18.9 Å². The van der Waals surface area contributed by atoms with Crippen LogP contribution in [0.4, 0.5) is 0 Å². The van der Waals surface area contributed by atoms with Gasteiger partial charge in [0.1, 0.15) is 4.83 Å². The van der Waals surface area contributed by atoms with E-state index in [2.05, 4.69) is 4.98 Å². The largest absolute Gasteiger partial charge is 0.284 e. The van der Waals surface area contributed by atoms with Crippen LogP contribution >= 0.6 is 34.4 Å². The molecule has 0 aliphatic heterocycles. The van der Waals surface area contributed by atoms with E-state index in [-0.39, 0.29) is 17.2 Å². The third kappa shape index (κ3) is 3.23. The number of fused-ring (bicyclic) bond motifs is 2. The molecule has 4 aromatic rings. The van der Waals surface area contributed by atoms with Gasteiger partial charge in [0.25, 0.3) is 11.1 Å². The third-order valence-corrected chi connectivity index (χ3v) is 8.90. The molecule has 30 heavy (non-hydrogen) atoms. The van der Waals surface area contributed by atoms with Crippen LogP contribution in [0.3, 0.4) is 0 Å². The molecule has 4 aromatic heterocycles. The fraction of sp³-hybridized carbons (Fsp3) is 0.429. The van der Waals surface area contributed by atoms with Crippen LogP contribution in [0.2, 0.25) is 0 Å². The Kier molecular flexibility index (Phi) is 5.07. The van der Waals surface area contributed by atoms with E-state index in [4.69, 9.17) is 4.98 Å². The van der Waals surface area contributed by atoms with Crippen LogP contribution in [0.15, 0.2) is 26.2 Å². The van der Waals surface area contributed by atoms with Gasteiger partial charge in [-0.15, -0.1) is 22.7 Å². The topological polar surface area (TPSA) is 69.3 Å². The van der Waals surface area contributed by atoms with Crippen LogP contribution in [-0.4, -0.2) is 18.9 Å². The van der Waals surface area contributed by atoms with Crippen LogP contribution in [0, 0.1) is 20.8 Å². The summed E-state index contributed by atoms with van der Waals surface area (Å²) in [5.74, 6) is 0.511. The zero-order chi connectivity index (χ0) is 21.0. The molecule has 0 atom stereocenters. The third-order valence-electron chi connectivity index (χ3n) is 5.87. The Morgan fingerprint density at radius 2 is 1.93 bits per heavy atom. The summed E-state index contributed by atoms with van der Waals surface area (Å²) in [6, 6.07) is 1.80. The number of thiazole rings is 1. The van der Waals surface area contributed by atoms with E-state index in [0.29, 0.717) is 10.7 Å². The molecule has 4 heterocycles. The molecule has 6 nitrogen and oxygen atoms in total. The van der Waals surface area contributed by atoms with Gasteiger partial charge in [-0.05, 0) is 39.2 Å². The van der Waals surface area contributed by atoms with E-state index < -0.39 is 0 Å². The summed E-state index contributed by atoms with van der Waals surface area (Å²) in [5.41, 5.74) is 2.68. The van der Waals surface area contributed by atoms with Gasteiger partial charge >= 0.3 is 0 Å². The molecule has 0 N–H and O–H groups in total. The second-order valence-electron chi connectivity index (χ2n) is 7.84. The Hall–Kier alpha value is -1.97. The van der Waals surface area contributed by atoms with E-state index >= 15 is 0 Å². The summed E-state index contributed by atoms with van der Waals surface area (Å²) in [4.78, 5) is 38.2. The molecule has 0 spiro atoms. The molecule has 0 amide bonds. The van der Waals surface area contributed by atoms with Crippen molar-refractivity contribution in [1.29, 1.82) is 0 Å². The molecule has 1 saturated carbocycles. The second kappa shape index (κ2) is 7.62. The number of aromatic nitrogens is 4. The quantitative estimate of drug-likeness (QED) is 0.323. The molecule has 9 heteroatoms. The van der Waals surface area contributed by atoms with E-state index in [1.165, 1.54) is 23.1 Å². The molecule has 0 saturated heterocycles. The van der Waals surface area contributed by atoms with Gasteiger partial charge in [-0.2, -0.15) is 0 Å². The number of rotatable bonds is 4. The summed E-state index contributed by atoms with van der Waals surface area (Å²) in [6.07, 6.45) is 4.33. The van der Waals surface area contributed by atoms with E-state index in [1.54, 1.807) is 21.8 Å². The maximum Gasteiger partial charge on any atom is 0.263 e. The Labute approximate surface area is 185 Å². The van der Waals surface area contributed by atoms with Crippen molar-refractivity contribution in [3.05, 3.63) is 54.0 Å². The van der Waals surface area contributed by atoms with Crippen LogP contribution in [0.1, 0.15) is 53.6 Å². The van der Waals surface area contributed by atoms with Gasteiger partial charge < -0.3 is 0 Å². The molecular weight excluding hydrogens is 436 g/mol. The van der Waals surface area contributed by atoms with Crippen molar-refractivity contribution < 1.29 is 0 Å². The minimum Gasteiger partial charge on any atom is -0.284 e. The monoisotopic (exact) mass is 458 g/mol. The predicted octanol–water partition coefficient (Wildman–Crippen LogP) is 4.86. The van der Waals surface area contributed by atoms with Gasteiger partial charge in [-0.25, -0.2) is 9.97 Å². The first kappa shape index (κ1) is 20.0. The maximum absolute atomic E-state index is 13.5. The number of thioether (sulfide) groups is 1. The van der Waals surface area contributed by atoms with Gasteiger partial charge in [0.05, 0.1) is 11.1 Å². The van der Waals surface area contributed by atoms with Crippen molar-refractivity contribution in [2.75, 3.05) is 0 Å². The maximum atomic E-state index is 13.5. The lowest BCUT2D eigenvalue weighted by molar-refractivity contribution is 0.458. The number of aryl methyl sites for hydroxylation is 3. The number of thiophene rings is 1. The first-order chi connectivity index (χ1) is 14.4. The molecule has 1 aliphatic carbocycles. The Morgan fingerprint density at radius 3 is 2.70 bits per heavy atom. The van der Waals surface area contributed by atoms with Crippen LogP contribution in [-0.2, 0) is 5.75 Å². The number of hydrogen-bond acceptors (Lipinski definition) is 7. The first-order valence-corrected chi connectivity index (χ1v) is 12.7. The lowest BCUT2D eigenvalue weighted by Crippen LogP contribution is -2.26. The van der Waals surface area contributed by atoms with Gasteiger partial charge in [0.15, 0.2) is 10.1 Å². The molecular formula is C21H22N4O2S3. The van der Waals surface area contributed by atoms with Crippen molar-refractivity contribution in [3.63, 3.8) is 0 Å². The van der Waals surface area contributed by atoms with Gasteiger partial charge in [0, 0.05) is 33.8 Å². The van der Waals surface area contributed by atoms with Crippen molar-refractivity contribution in [3.8, 4) is 0 Å². The van der Waals surface area contributed by atoms with Crippen molar-refractivity contribution >= 4 is 49.6 Å². The highest BCUT2D eigenvalue weighted by molar-refractivity contribution is 7.98. The SMILES string of the molecule is Cc1sc2nc(SCc3cc(=O)n4c(C)csc4n3)n(C3CCCC3)c(=O)c2c1C. The van der Waals surface area contributed by atoms with Gasteiger partial charge in [-0.1, -0.05) is 24.6 Å². The minimum absolute atomic E-state index is 0.0598.